The molecule has 21 heavy (non-hydrogen) atoms. The summed E-state index contributed by atoms with van der Waals surface area (Å²) in [7, 11) is 0. The Morgan fingerprint density at radius 1 is 1.29 bits per heavy atom. The van der Waals surface area contributed by atoms with E-state index in [1.165, 1.54) is 0 Å². The standard InChI is InChI=1S/C15H22N2O4/c1-15(2,3)21-14(20)17-9-11(13(18)19)8-10-4-6-12(16)7-5-10/h4-7,11H,8-9,16H2,1-3H3,(H,17,20)(H,18,19). The molecule has 0 radical (unpaired) electrons. The third-order valence-electron chi connectivity index (χ3n) is 2.70. The van der Waals surface area contributed by atoms with Crippen molar-refractivity contribution in [3.63, 3.8) is 0 Å². The first kappa shape index (κ1) is 16.8. The van der Waals surface area contributed by atoms with E-state index in [0.29, 0.717) is 12.1 Å². The van der Waals surface area contributed by atoms with Crippen LogP contribution in [0.4, 0.5) is 10.5 Å². The summed E-state index contributed by atoms with van der Waals surface area (Å²) in [5.41, 5.74) is 6.45. The van der Waals surface area contributed by atoms with Crippen LogP contribution in [-0.2, 0) is 16.0 Å². The van der Waals surface area contributed by atoms with Gasteiger partial charge in [0.2, 0.25) is 0 Å². The molecule has 6 nitrogen and oxygen atoms in total. The molecule has 4 N–H and O–H groups in total. The van der Waals surface area contributed by atoms with E-state index in [-0.39, 0.29) is 6.54 Å². The molecule has 116 valence electrons. The molecule has 0 saturated heterocycles. The highest BCUT2D eigenvalue weighted by Crippen LogP contribution is 2.12. The third-order valence-corrected chi connectivity index (χ3v) is 2.70. The van der Waals surface area contributed by atoms with Crippen LogP contribution >= 0.6 is 0 Å². The van der Waals surface area contributed by atoms with Crippen LogP contribution in [-0.4, -0.2) is 29.3 Å². The minimum atomic E-state index is -0.970. The fourth-order valence-corrected chi connectivity index (χ4v) is 1.71. The summed E-state index contributed by atoms with van der Waals surface area (Å²) in [5.74, 6) is -1.69. The van der Waals surface area contributed by atoms with Gasteiger partial charge in [-0.05, 0) is 44.9 Å². The van der Waals surface area contributed by atoms with E-state index in [4.69, 9.17) is 10.5 Å². The molecule has 1 rings (SSSR count). The zero-order valence-corrected chi connectivity index (χ0v) is 12.6. The molecule has 0 spiro atoms. The number of anilines is 1. The number of benzene rings is 1. The van der Waals surface area contributed by atoms with Crippen molar-refractivity contribution in [1.82, 2.24) is 5.32 Å². The van der Waals surface area contributed by atoms with E-state index in [1.54, 1.807) is 45.0 Å². The van der Waals surface area contributed by atoms with Crippen LogP contribution in [0.15, 0.2) is 24.3 Å². The molecule has 0 aliphatic rings. The molecule has 1 amide bonds. The van der Waals surface area contributed by atoms with Crippen molar-refractivity contribution in [2.75, 3.05) is 12.3 Å². The SMILES string of the molecule is CC(C)(C)OC(=O)NCC(Cc1ccc(N)cc1)C(=O)O. The van der Waals surface area contributed by atoms with Gasteiger partial charge in [0.05, 0.1) is 5.92 Å². The second-order valence-corrected chi connectivity index (χ2v) is 5.86. The lowest BCUT2D eigenvalue weighted by Crippen LogP contribution is -2.37. The van der Waals surface area contributed by atoms with Crippen LogP contribution < -0.4 is 11.1 Å². The lowest BCUT2D eigenvalue weighted by Gasteiger charge is -2.21. The van der Waals surface area contributed by atoms with Crippen LogP contribution in [0, 0.1) is 5.92 Å². The van der Waals surface area contributed by atoms with Crippen LogP contribution in [0.25, 0.3) is 0 Å². The second kappa shape index (κ2) is 6.97. The topological polar surface area (TPSA) is 102 Å². The molecule has 0 aromatic heterocycles. The number of nitrogen functional groups attached to an aromatic ring is 1. The average molecular weight is 294 g/mol. The number of aliphatic carboxylic acids is 1. The van der Waals surface area contributed by atoms with Crippen molar-refractivity contribution in [3.8, 4) is 0 Å². The number of hydrogen-bond acceptors (Lipinski definition) is 4. The maximum Gasteiger partial charge on any atom is 0.407 e. The van der Waals surface area contributed by atoms with Gasteiger partial charge in [0.1, 0.15) is 5.60 Å². The van der Waals surface area contributed by atoms with E-state index >= 15 is 0 Å². The fourth-order valence-electron chi connectivity index (χ4n) is 1.71. The number of carboxylic acids is 1. The Labute approximate surface area is 124 Å². The highest BCUT2D eigenvalue weighted by molar-refractivity contribution is 5.73. The van der Waals surface area contributed by atoms with Crippen molar-refractivity contribution >= 4 is 17.7 Å². The molecule has 0 saturated carbocycles. The monoisotopic (exact) mass is 294 g/mol. The predicted octanol–water partition coefficient (Wildman–Crippen LogP) is 2.04. The van der Waals surface area contributed by atoms with Gasteiger partial charge in [-0.3, -0.25) is 4.79 Å². The van der Waals surface area contributed by atoms with Crippen molar-refractivity contribution < 1.29 is 19.4 Å². The molecule has 0 aliphatic carbocycles. The lowest BCUT2D eigenvalue weighted by atomic mass is 9.99. The Kier molecular flexibility index (Phi) is 5.58. The Morgan fingerprint density at radius 3 is 2.33 bits per heavy atom. The van der Waals surface area contributed by atoms with Crippen molar-refractivity contribution in [1.29, 1.82) is 0 Å². The van der Waals surface area contributed by atoms with Gasteiger partial charge in [-0.2, -0.15) is 0 Å². The zero-order valence-electron chi connectivity index (χ0n) is 12.6. The zero-order chi connectivity index (χ0) is 16.0. The normalized spacial score (nSPS) is 12.5. The van der Waals surface area contributed by atoms with Gasteiger partial charge in [0.25, 0.3) is 0 Å². The lowest BCUT2D eigenvalue weighted by molar-refractivity contribution is -0.141. The van der Waals surface area contributed by atoms with Gasteiger partial charge >= 0.3 is 12.1 Å². The molecule has 1 aromatic rings. The van der Waals surface area contributed by atoms with Crippen molar-refractivity contribution in [2.24, 2.45) is 5.92 Å². The van der Waals surface area contributed by atoms with Crippen molar-refractivity contribution in [2.45, 2.75) is 32.8 Å². The summed E-state index contributed by atoms with van der Waals surface area (Å²) in [6.45, 7) is 5.25. The summed E-state index contributed by atoms with van der Waals surface area (Å²) < 4.78 is 5.07. The van der Waals surface area contributed by atoms with Crippen LogP contribution in [0.2, 0.25) is 0 Å². The summed E-state index contributed by atoms with van der Waals surface area (Å²) in [6, 6.07) is 6.99. The first-order valence-corrected chi connectivity index (χ1v) is 6.71. The molecule has 0 aliphatic heterocycles. The number of carboxylic acid groups (broad SMARTS) is 1. The second-order valence-electron chi connectivity index (χ2n) is 5.86. The summed E-state index contributed by atoms with van der Waals surface area (Å²) in [4.78, 5) is 22.8. The van der Waals surface area contributed by atoms with E-state index in [0.717, 1.165) is 5.56 Å². The molecule has 6 heteroatoms. The summed E-state index contributed by atoms with van der Waals surface area (Å²) in [5, 5.41) is 11.7. The molecular formula is C15H22N2O4. The van der Waals surface area contributed by atoms with E-state index < -0.39 is 23.6 Å². The van der Waals surface area contributed by atoms with Crippen LogP contribution in [0.3, 0.4) is 0 Å². The molecular weight excluding hydrogens is 272 g/mol. The highest BCUT2D eigenvalue weighted by atomic mass is 16.6. The third kappa shape index (κ3) is 6.65. The highest BCUT2D eigenvalue weighted by Gasteiger charge is 2.21. The van der Waals surface area contributed by atoms with E-state index in [2.05, 4.69) is 5.32 Å². The quantitative estimate of drug-likeness (QED) is 0.721. The Balaban J connectivity index is 2.56. The summed E-state index contributed by atoms with van der Waals surface area (Å²) >= 11 is 0. The van der Waals surface area contributed by atoms with E-state index in [1.807, 2.05) is 0 Å². The number of carbonyl (C=O) groups excluding carboxylic acids is 1. The largest absolute Gasteiger partial charge is 0.481 e. The van der Waals surface area contributed by atoms with Crippen molar-refractivity contribution in [3.05, 3.63) is 29.8 Å². The molecule has 0 fully saturated rings. The van der Waals surface area contributed by atoms with E-state index in [9.17, 15) is 14.7 Å². The van der Waals surface area contributed by atoms with Crippen LogP contribution in [0.5, 0.6) is 0 Å². The van der Waals surface area contributed by atoms with Gasteiger partial charge in [0.15, 0.2) is 0 Å². The number of ether oxygens (including phenoxy) is 1. The molecule has 1 aromatic carbocycles. The number of amides is 1. The number of rotatable bonds is 5. The minimum Gasteiger partial charge on any atom is -0.481 e. The smallest absolute Gasteiger partial charge is 0.407 e. The first-order valence-electron chi connectivity index (χ1n) is 6.71. The molecule has 1 unspecified atom stereocenters. The van der Waals surface area contributed by atoms with Gasteiger partial charge in [0, 0.05) is 12.2 Å². The maximum absolute atomic E-state index is 11.5. The number of nitrogens with two attached hydrogens (primary N) is 1. The average Bonchev–Trinajstić information content (AvgIpc) is 2.34. The Hall–Kier alpha value is -2.24. The van der Waals surface area contributed by atoms with Gasteiger partial charge in [-0.25, -0.2) is 4.79 Å². The predicted molar refractivity (Wildman–Crippen MR) is 79.9 cm³/mol. The maximum atomic E-state index is 11.5. The Morgan fingerprint density at radius 2 is 1.86 bits per heavy atom. The van der Waals surface area contributed by atoms with Gasteiger partial charge in [-0.15, -0.1) is 0 Å². The molecule has 0 bridgehead atoms. The molecule has 0 heterocycles. The van der Waals surface area contributed by atoms with Gasteiger partial charge < -0.3 is 20.9 Å². The first-order chi connectivity index (χ1) is 9.67. The minimum absolute atomic E-state index is 0.00855. The van der Waals surface area contributed by atoms with Crippen LogP contribution in [0.1, 0.15) is 26.3 Å². The number of alkyl carbamates (subject to hydrolysis) is 1. The fraction of sp³-hybridized carbons (Fsp3) is 0.467. The number of nitrogens with one attached hydrogen (secondary N) is 1. The van der Waals surface area contributed by atoms with Gasteiger partial charge in [-0.1, -0.05) is 12.1 Å². The summed E-state index contributed by atoms with van der Waals surface area (Å²) in [6.07, 6.45) is -0.308. The number of hydrogen-bond donors (Lipinski definition) is 3. The molecule has 1 atom stereocenters. The Bertz CT molecular complexity index is 491. The number of carbonyl (C=O) groups is 2.